The van der Waals surface area contributed by atoms with E-state index in [0.717, 1.165) is 55.5 Å². The van der Waals surface area contributed by atoms with Gasteiger partial charge in [-0.25, -0.2) is 4.99 Å². The first-order valence-corrected chi connectivity index (χ1v) is 11.6. The molecule has 1 aliphatic heterocycles. The number of aliphatic imine (C=N–C) groups is 1. The lowest BCUT2D eigenvalue weighted by molar-refractivity contribution is 0.206. The number of nitrogens with zero attached hydrogens (tertiary/aromatic N) is 2. The number of likely N-dealkylation sites (tertiary alicyclic amines) is 1. The van der Waals surface area contributed by atoms with E-state index in [0.29, 0.717) is 11.7 Å². The Kier molecular flexibility index (Phi) is 6.94. The standard InChI is InChI=1S/C27H33N5O/c1-18-9-10-21(19(2)16-18)13-15-32-14-5-7-23(17-32)27(28)30-20(3)29-24-8-4-6-22-11-12-25(33)31-26(22)24/h4,6,8-12,16,23,29H,3,5,7,13-15,17H2,1-2H3,(H2,28,30)(H,31,33)/t23-/m0/s1. The van der Waals surface area contributed by atoms with E-state index in [9.17, 15) is 4.79 Å². The Morgan fingerprint density at radius 2 is 2.09 bits per heavy atom. The zero-order valence-electron chi connectivity index (χ0n) is 19.5. The first-order valence-electron chi connectivity index (χ1n) is 11.6. The molecule has 3 aromatic rings. The van der Waals surface area contributed by atoms with E-state index in [-0.39, 0.29) is 11.5 Å². The number of hydrogen-bond acceptors (Lipinski definition) is 4. The van der Waals surface area contributed by atoms with Crippen LogP contribution in [0.1, 0.15) is 29.5 Å². The molecule has 0 radical (unpaired) electrons. The molecule has 33 heavy (non-hydrogen) atoms. The molecule has 6 nitrogen and oxygen atoms in total. The van der Waals surface area contributed by atoms with Gasteiger partial charge < -0.3 is 20.9 Å². The van der Waals surface area contributed by atoms with Gasteiger partial charge in [-0.05, 0) is 62.9 Å². The van der Waals surface area contributed by atoms with Crippen molar-refractivity contribution < 1.29 is 0 Å². The second-order valence-electron chi connectivity index (χ2n) is 9.02. The third kappa shape index (κ3) is 5.71. The average molecular weight is 444 g/mol. The summed E-state index contributed by atoms with van der Waals surface area (Å²) in [7, 11) is 0. The SMILES string of the molecule is C=C(/N=C(\N)[C@H]1CCCN(CCc2ccc(C)cc2C)C1)Nc1cccc2ccc(=O)[nH]c12. The van der Waals surface area contributed by atoms with Gasteiger partial charge in [0.1, 0.15) is 11.7 Å². The lowest BCUT2D eigenvalue weighted by Gasteiger charge is -2.32. The number of aryl methyl sites for hydroxylation is 2. The van der Waals surface area contributed by atoms with Gasteiger partial charge in [-0.1, -0.05) is 42.5 Å². The molecule has 6 heteroatoms. The molecule has 1 atom stereocenters. The summed E-state index contributed by atoms with van der Waals surface area (Å²) in [6.07, 6.45) is 3.19. The number of pyridine rings is 1. The number of amidine groups is 1. The normalized spacial score (nSPS) is 17.3. The molecule has 0 spiro atoms. The number of para-hydroxylation sites is 1. The van der Waals surface area contributed by atoms with Crippen molar-refractivity contribution in [3.05, 3.63) is 88.0 Å². The number of aromatic amines is 1. The van der Waals surface area contributed by atoms with Gasteiger partial charge in [-0.3, -0.25) is 4.79 Å². The summed E-state index contributed by atoms with van der Waals surface area (Å²) in [5.41, 5.74) is 11.8. The van der Waals surface area contributed by atoms with Gasteiger partial charge in [-0.2, -0.15) is 0 Å². The van der Waals surface area contributed by atoms with Crippen LogP contribution >= 0.6 is 0 Å². The van der Waals surface area contributed by atoms with Crippen LogP contribution in [0.3, 0.4) is 0 Å². The van der Waals surface area contributed by atoms with Crippen LogP contribution in [0.4, 0.5) is 5.69 Å². The molecular weight excluding hydrogens is 410 g/mol. The maximum Gasteiger partial charge on any atom is 0.248 e. The van der Waals surface area contributed by atoms with E-state index >= 15 is 0 Å². The third-order valence-electron chi connectivity index (χ3n) is 6.42. The van der Waals surface area contributed by atoms with Gasteiger partial charge in [-0.15, -0.1) is 0 Å². The minimum Gasteiger partial charge on any atom is -0.387 e. The zero-order chi connectivity index (χ0) is 23.4. The highest BCUT2D eigenvalue weighted by atomic mass is 16.1. The van der Waals surface area contributed by atoms with Crippen molar-refractivity contribution in [1.29, 1.82) is 0 Å². The van der Waals surface area contributed by atoms with E-state index in [2.05, 4.69) is 58.8 Å². The van der Waals surface area contributed by atoms with Crippen LogP contribution in [0.2, 0.25) is 0 Å². The predicted molar refractivity (Wildman–Crippen MR) is 138 cm³/mol. The number of fused-ring (bicyclic) bond motifs is 1. The zero-order valence-corrected chi connectivity index (χ0v) is 19.5. The lowest BCUT2D eigenvalue weighted by atomic mass is 9.96. The van der Waals surface area contributed by atoms with Crippen molar-refractivity contribution in [3.8, 4) is 0 Å². The molecule has 0 bridgehead atoms. The first-order chi connectivity index (χ1) is 15.9. The molecule has 1 saturated heterocycles. The highest BCUT2D eigenvalue weighted by Crippen LogP contribution is 2.22. The van der Waals surface area contributed by atoms with E-state index in [4.69, 9.17) is 5.73 Å². The van der Waals surface area contributed by atoms with Crippen LogP contribution in [-0.2, 0) is 6.42 Å². The van der Waals surface area contributed by atoms with Gasteiger partial charge in [0.25, 0.3) is 0 Å². The molecule has 172 valence electrons. The fourth-order valence-electron chi connectivity index (χ4n) is 4.62. The van der Waals surface area contributed by atoms with E-state index < -0.39 is 0 Å². The van der Waals surface area contributed by atoms with Crippen LogP contribution in [0.5, 0.6) is 0 Å². The van der Waals surface area contributed by atoms with Gasteiger partial charge in [0.05, 0.1) is 11.2 Å². The summed E-state index contributed by atoms with van der Waals surface area (Å²) in [4.78, 5) is 21.7. The van der Waals surface area contributed by atoms with Crippen LogP contribution < -0.4 is 16.6 Å². The smallest absolute Gasteiger partial charge is 0.248 e. The monoisotopic (exact) mass is 443 g/mol. The van der Waals surface area contributed by atoms with Crippen LogP contribution in [-0.4, -0.2) is 35.4 Å². The Morgan fingerprint density at radius 1 is 1.24 bits per heavy atom. The molecule has 1 aliphatic rings. The molecule has 4 N–H and O–H groups in total. The van der Waals surface area contributed by atoms with Crippen molar-refractivity contribution in [1.82, 2.24) is 9.88 Å². The molecule has 0 saturated carbocycles. The number of hydrogen-bond donors (Lipinski definition) is 3. The molecule has 4 rings (SSSR count). The maximum atomic E-state index is 11.8. The molecular formula is C27H33N5O. The van der Waals surface area contributed by atoms with Crippen LogP contribution in [0.15, 0.2) is 70.7 Å². The predicted octanol–water partition coefficient (Wildman–Crippen LogP) is 4.34. The summed E-state index contributed by atoms with van der Waals surface area (Å²) >= 11 is 0. The lowest BCUT2D eigenvalue weighted by Crippen LogP contribution is -2.42. The minimum absolute atomic E-state index is 0.145. The van der Waals surface area contributed by atoms with E-state index in [1.165, 1.54) is 22.8 Å². The summed E-state index contributed by atoms with van der Waals surface area (Å²) < 4.78 is 0. The summed E-state index contributed by atoms with van der Waals surface area (Å²) in [6, 6.07) is 15.8. The topological polar surface area (TPSA) is 86.5 Å². The van der Waals surface area contributed by atoms with Gasteiger partial charge >= 0.3 is 0 Å². The van der Waals surface area contributed by atoms with Gasteiger partial charge in [0.15, 0.2) is 0 Å². The average Bonchev–Trinajstić information content (AvgIpc) is 2.79. The Bertz CT molecular complexity index is 1240. The second kappa shape index (κ2) is 10.0. The highest BCUT2D eigenvalue weighted by molar-refractivity contribution is 5.91. The largest absolute Gasteiger partial charge is 0.387 e. The number of piperidine rings is 1. The van der Waals surface area contributed by atoms with Crippen molar-refractivity contribution in [2.75, 3.05) is 25.0 Å². The highest BCUT2D eigenvalue weighted by Gasteiger charge is 2.23. The number of nitrogens with one attached hydrogen (secondary N) is 2. The van der Waals surface area contributed by atoms with Crippen molar-refractivity contribution >= 4 is 22.4 Å². The summed E-state index contributed by atoms with van der Waals surface area (Å²) in [5.74, 6) is 1.29. The molecule has 1 aromatic heterocycles. The van der Waals surface area contributed by atoms with E-state index in [1.807, 2.05) is 18.2 Å². The quantitative estimate of drug-likeness (QED) is 0.374. The Balaban J connectivity index is 1.38. The van der Waals surface area contributed by atoms with Gasteiger partial charge in [0.2, 0.25) is 5.56 Å². The molecule has 0 unspecified atom stereocenters. The number of rotatable bonds is 7. The van der Waals surface area contributed by atoms with Crippen molar-refractivity contribution in [3.63, 3.8) is 0 Å². The Labute approximate surface area is 195 Å². The minimum atomic E-state index is -0.145. The maximum absolute atomic E-state index is 11.8. The van der Waals surface area contributed by atoms with Crippen LogP contribution in [0, 0.1) is 19.8 Å². The second-order valence-corrected chi connectivity index (χ2v) is 9.02. The number of H-pyrrole nitrogens is 1. The molecule has 2 heterocycles. The van der Waals surface area contributed by atoms with Gasteiger partial charge in [0, 0.05) is 30.5 Å². The van der Waals surface area contributed by atoms with Crippen LogP contribution in [0.25, 0.3) is 10.9 Å². The number of nitrogens with two attached hydrogens (primary N) is 1. The molecule has 0 amide bonds. The van der Waals surface area contributed by atoms with E-state index in [1.54, 1.807) is 6.07 Å². The third-order valence-corrected chi connectivity index (χ3v) is 6.42. The number of benzene rings is 2. The number of anilines is 1. The Hall–Kier alpha value is -3.38. The molecule has 1 fully saturated rings. The molecule has 0 aliphatic carbocycles. The summed E-state index contributed by atoms with van der Waals surface area (Å²) in [5, 5.41) is 4.15. The summed E-state index contributed by atoms with van der Waals surface area (Å²) in [6.45, 7) is 11.4. The fourth-order valence-corrected chi connectivity index (χ4v) is 4.62. The molecule has 2 aromatic carbocycles. The van der Waals surface area contributed by atoms with Crippen molar-refractivity contribution in [2.24, 2.45) is 16.6 Å². The number of aromatic nitrogens is 1. The Morgan fingerprint density at radius 3 is 2.91 bits per heavy atom. The van der Waals surface area contributed by atoms with Crippen molar-refractivity contribution in [2.45, 2.75) is 33.1 Å². The first kappa shape index (κ1) is 22.8. The fraction of sp³-hybridized carbons (Fsp3) is 0.333.